The number of amides is 1. The number of rotatable bonds is 1. The van der Waals surface area contributed by atoms with Gasteiger partial charge in [-0.05, 0) is 13.0 Å². The van der Waals surface area contributed by atoms with Crippen LogP contribution in [0, 0.1) is 0 Å². The Morgan fingerprint density at radius 1 is 1.75 bits per heavy atom. The molecule has 3 nitrogen and oxygen atoms in total. The van der Waals surface area contributed by atoms with Crippen molar-refractivity contribution in [1.82, 2.24) is 4.90 Å². The Morgan fingerprint density at radius 3 is 2.92 bits per heavy atom. The largest absolute Gasteiger partial charge is 0.336 e. The smallest absolute Gasteiger partial charge is 0.246 e. The van der Waals surface area contributed by atoms with Gasteiger partial charge in [-0.15, -0.1) is 0 Å². The molecule has 0 bridgehead atoms. The molecule has 0 N–H and O–H groups in total. The summed E-state index contributed by atoms with van der Waals surface area (Å²) in [6.45, 7) is 5.85. The molecule has 12 heavy (non-hydrogen) atoms. The summed E-state index contributed by atoms with van der Waals surface area (Å²) in [5.74, 6) is 0.172. The summed E-state index contributed by atoms with van der Waals surface area (Å²) in [5, 5.41) is 0. The third kappa shape index (κ3) is 1.72. The first-order valence-electron chi connectivity index (χ1n) is 4.10. The van der Waals surface area contributed by atoms with Crippen molar-refractivity contribution in [2.45, 2.75) is 25.8 Å². The molecule has 1 fully saturated rings. The molecular weight excluding hydrogens is 154 g/mol. The van der Waals surface area contributed by atoms with Crippen LogP contribution in [0.3, 0.4) is 0 Å². The molecule has 1 aliphatic rings. The Labute approximate surface area is 72.0 Å². The highest BCUT2D eigenvalue weighted by Crippen LogP contribution is 2.13. The van der Waals surface area contributed by atoms with E-state index in [0.717, 1.165) is 0 Å². The van der Waals surface area contributed by atoms with Crippen molar-refractivity contribution >= 4 is 11.7 Å². The third-order valence-corrected chi connectivity index (χ3v) is 2.14. The molecule has 0 saturated carbocycles. The van der Waals surface area contributed by atoms with Gasteiger partial charge in [0, 0.05) is 25.4 Å². The summed E-state index contributed by atoms with van der Waals surface area (Å²) in [6, 6.07) is 0.0387. The molecule has 0 aromatic carbocycles. The van der Waals surface area contributed by atoms with Crippen LogP contribution in [0.2, 0.25) is 0 Å². The number of Topliss-reactive ketones (excluding diaryl/α,β-unsaturated/α-hetero) is 1. The molecule has 1 atom stereocenters. The second-order valence-corrected chi connectivity index (χ2v) is 3.08. The summed E-state index contributed by atoms with van der Waals surface area (Å²) in [5.41, 5.74) is 0. The fourth-order valence-corrected chi connectivity index (χ4v) is 1.45. The number of likely N-dealkylation sites (tertiary alicyclic amines) is 1. The van der Waals surface area contributed by atoms with E-state index in [9.17, 15) is 9.59 Å². The maximum Gasteiger partial charge on any atom is 0.246 e. The highest BCUT2D eigenvalue weighted by molar-refractivity contribution is 5.89. The van der Waals surface area contributed by atoms with E-state index in [1.807, 2.05) is 6.92 Å². The fourth-order valence-electron chi connectivity index (χ4n) is 1.45. The molecule has 0 unspecified atom stereocenters. The lowest BCUT2D eigenvalue weighted by Crippen LogP contribution is -2.43. The van der Waals surface area contributed by atoms with Crippen LogP contribution in [-0.2, 0) is 9.59 Å². The Hall–Kier alpha value is -1.12. The van der Waals surface area contributed by atoms with Crippen molar-refractivity contribution in [2.24, 2.45) is 0 Å². The summed E-state index contributed by atoms with van der Waals surface area (Å²) in [7, 11) is 0. The van der Waals surface area contributed by atoms with Gasteiger partial charge in [0.25, 0.3) is 0 Å². The lowest BCUT2D eigenvalue weighted by atomic mass is 10.0. The zero-order chi connectivity index (χ0) is 9.14. The number of nitrogens with zero attached hydrogens (tertiary/aromatic N) is 1. The predicted molar refractivity (Wildman–Crippen MR) is 45.6 cm³/mol. The van der Waals surface area contributed by atoms with Crippen LogP contribution >= 0.6 is 0 Å². The molecule has 0 radical (unpaired) electrons. The molecule has 0 aromatic rings. The quantitative estimate of drug-likeness (QED) is 0.540. The van der Waals surface area contributed by atoms with Gasteiger partial charge in [0.2, 0.25) is 5.91 Å². The summed E-state index contributed by atoms with van der Waals surface area (Å²) in [6.07, 6.45) is 2.27. The van der Waals surface area contributed by atoms with E-state index in [1.165, 1.54) is 6.08 Å². The van der Waals surface area contributed by atoms with Gasteiger partial charge >= 0.3 is 0 Å². The Balaban J connectivity index is 2.61. The first-order chi connectivity index (χ1) is 5.65. The van der Waals surface area contributed by atoms with Gasteiger partial charge in [-0.3, -0.25) is 9.59 Å². The Bertz CT molecular complexity index is 223. The lowest BCUT2D eigenvalue weighted by molar-refractivity contribution is -0.133. The van der Waals surface area contributed by atoms with Crippen LogP contribution < -0.4 is 0 Å². The van der Waals surface area contributed by atoms with Crippen LogP contribution in [0.15, 0.2) is 12.7 Å². The van der Waals surface area contributed by atoms with Crippen LogP contribution in [-0.4, -0.2) is 29.2 Å². The van der Waals surface area contributed by atoms with E-state index in [1.54, 1.807) is 4.90 Å². The molecule has 1 heterocycles. The van der Waals surface area contributed by atoms with Gasteiger partial charge in [0.1, 0.15) is 5.78 Å². The SMILES string of the molecule is C=CC(=O)N1CCC(=O)C[C@H]1C. The molecule has 0 aliphatic carbocycles. The maximum absolute atomic E-state index is 11.2. The second kappa shape index (κ2) is 3.52. The number of hydrogen-bond donors (Lipinski definition) is 0. The molecule has 1 rings (SSSR count). The van der Waals surface area contributed by atoms with Crippen molar-refractivity contribution in [3.8, 4) is 0 Å². The average molecular weight is 167 g/mol. The molecule has 66 valence electrons. The summed E-state index contributed by atoms with van der Waals surface area (Å²) >= 11 is 0. The maximum atomic E-state index is 11.2. The van der Waals surface area contributed by atoms with E-state index in [0.29, 0.717) is 19.4 Å². The number of carbonyl (C=O) groups is 2. The Kier molecular flexibility index (Phi) is 2.63. The molecule has 1 amide bonds. The van der Waals surface area contributed by atoms with Crippen molar-refractivity contribution in [3.05, 3.63) is 12.7 Å². The zero-order valence-corrected chi connectivity index (χ0v) is 7.25. The summed E-state index contributed by atoms with van der Waals surface area (Å²) in [4.78, 5) is 23.8. The lowest BCUT2D eigenvalue weighted by Gasteiger charge is -2.31. The van der Waals surface area contributed by atoms with Crippen molar-refractivity contribution < 1.29 is 9.59 Å². The zero-order valence-electron chi connectivity index (χ0n) is 7.25. The monoisotopic (exact) mass is 167 g/mol. The first-order valence-corrected chi connectivity index (χ1v) is 4.10. The molecule has 3 heteroatoms. The minimum Gasteiger partial charge on any atom is -0.336 e. The number of hydrogen-bond acceptors (Lipinski definition) is 2. The van der Waals surface area contributed by atoms with Gasteiger partial charge < -0.3 is 4.90 Å². The summed E-state index contributed by atoms with van der Waals surface area (Å²) < 4.78 is 0. The minimum atomic E-state index is -0.0741. The van der Waals surface area contributed by atoms with Crippen molar-refractivity contribution in [3.63, 3.8) is 0 Å². The number of ketones is 1. The number of piperidine rings is 1. The van der Waals surface area contributed by atoms with Crippen LogP contribution in [0.1, 0.15) is 19.8 Å². The molecule has 0 aromatic heterocycles. The minimum absolute atomic E-state index is 0.0387. The van der Waals surface area contributed by atoms with Crippen molar-refractivity contribution in [2.75, 3.05) is 6.54 Å². The van der Waals surface area contributed by atoms with Crippen molar-refractivity contribution in [1.29, 1.82) is 0 Å². The third-order valence-electron chi connectivity index (χ3n) is 2.14. The highest BCUT2D eigenvalue weighted by Gasteiger charge is 2.25. The van der Waals surface area contributed by atoms with Gasteiger partial charge in [0.05, 0.1) is 0 Å². The van der Waals surface area contributed by atoms with Gasteiger partial charge in [-0.1, -0.05) is 6.58 Å². The molecule has 1 aliphatic heterocycles. The highest BCUT2D eigenvalue weighted by atomic mass is 16.2. The molecular formula is C9H13NO2. The fraction of sp³-hybridized carbons (Fsp3) is 0.556. The topological polar surface area (TPSA) is 37.4 Å². The second-order valence-electron chi connectivity index (χ2n) is 3.08. The van der Waals surface area contributed by atoms with Crippen LogP contribution in [0.5, 0.6) is 0 Å². The Morgan fingerprint density at radius 2 is 2.42 bits per heavy atom. The van der Waals surface area contributed by atoms with E-state index in [4.69, 9.17) is 0 Å². The van der Waals surface area contributed by atoms with E-state index >= 15 is 0 Å². The molecule has 1 saturated heterocycles. The average Bonchev–Trinajstić information content (AvgIpc) is 2.03. The standard InChI is InChI=1S/C9H13NO2/c1-3-9(12)10-5-4-8(11)6-7(10)2/h3,7H,1,4-6H2,2H3/t7-/m1/s1. The first kappa shape index (κ1) is 8.97. The van der Waals surface area contributed by atoms with E-state index in [-0.39, 0.29) is 17.7 Å². The van der Waals surface area contributed by atoms with Gasteiger partial charge in [-0.2, -0.15) is 0 Å². The predicted octanol–water partition coefficient (Wildman–Crippen LogP) is 0.752. The van der Waals surface area contributed by atoms with E-state index < -0.39 is 0 Å². The van der Waals surface area contributed by atoms with Crippen LogP contribution in [0.25, 0.3) is 0 Å². The van der Waals surface area contributed by atoms with Gasteiger partial charge in [0.15, 0.2) is 0 Å². The normalized spacial score (nSPS) is 23.9. The van der Waals surface area contributed by atoms with Crippen LogP contribution in [0.4, 0.5) is 0 Å². The number of carbonyl (C=O) groups excluding carboxylic acids is 2. The molecule has 0 spiro atoms. The van der Waals surface area contributed by atoms with E-state index in [2.05, 4.69) is 6.58 Å². The van der Waals surface area contributed by atoms with Gasteiger partial charge in [-0.25, -0.2) is 0 Å².